The Balaban J connectivity index is 1.12. The normalized spacial score (nSPS) is 18.8. The van der Waals surface area contributed by atoms with Gasteiger partial charge in [0.25, 0.3) is 0 Å². The van der Waals surface area contributed by atoms with Gasteiger partial charge in [-0.2, -0.15) is 0 Å². The molecule has 6 nitrogen and oxygen atoms in total. The van der Waals surface area contributed by atoms with Crippen molar-refractivity contribution in [1.82, 2.24) is 19.8 Å². The summed E-state index contributed by atoms with van der Waals surface area (Å²) in [6.45, 7) is 0.624. The Bertz CT molecular complexity index is 1470. The van der Waals surface area contributed by atoms with Gasteiger partial charge < -0.3 is 14.8 Å². The van der Waals surface area contributed by atoms with Crippen LogP contribution < -0.4 is 5.32 Å². The number of hydrogen-bond donors (Lipinski definition) is 1. The van der Waals surface area contributed by atoms with Gasteiger partial charge in [-0.3, -0.25) is 9.59 Å². The molecule has 0 spiro atoms. The Kier molecular flexibility index (Phi) is 6.47. The Morgan fingerprint density at radius 1 is 1.00 bits per heavy atom. The number of aryl methyl sites for hydroxylation is 2. The molecule has 4 aromatic rings. The monoisotopic (exact) mass is 510 g/mol. The summed E-state index contributed by atoms with van der Waals surface area (Å²) in [6.07, 6.45) is 3.40. The van der Waals surface area contributed by atoms with Crippen LogP contribution in [0.15, 0.2) is 78.0 Å². The molecule has 2 aliphatic rings. The molecule has 0 bridgehead atoms. The van der Waals surface area contributed by atoms with Crippen LogP contribution >= 0.6 is 11.8 Å². The molecule has 2 atom stereocenters. The number of rotatable bonds is 6. The van der Waals surface area contributed by atoms with Crippen LogP contribution in [0.1, 0.15) is 36.4 Å². The zero-order valence-electron chi connectivity index (χ0n) is 20.9. The standard InChI is InChI=1S/C30H30N4O2S/c1-33-26-11-6-5-10-25(26)32-30(33)37-19-28(35)34-17-7-12-27(34)29(36)31-24-16-15-21-13-14-22(18-23(21)24)20-8-3-2-4-9-20/h2-6,8-11,13-14,18,24,27H,7,12,15-17,19H2,1H3,(H,31,36)/t24?,27-/m0/s1. The maximum atomic E-state index is 13.4. The van der Waals surface area contributed by atoms with Crippen molar-refractivity contribution in [2.45, 2.75) is 42.9 Å². The molecular weight excluding hydrogens is 480 g/mol. The highest BCUT2D eigenvalue weighted by Gasteiger charge is 2.36. The van der Waals surface area contributed by atoms with E-state index in [9.17, 15) is 9.59 Å². The van der Waals surface area contributed by atoms with E-state index in [0.29, 0.717) is 13.0 Å². The third-order valence-corrected chi connectivity index (χ3v) is 8.61. The lowest BCUT2D eigenvalue weighted by Crippen LogP contribution is -2.47. The first-order valence-electron chi connectivity index (χ1n) is 12.9. The molecule has 1 aromatic heterocycles. The summed E-state index contributed by atoms with van der Waals surface area (Å²) in [4.78, 5) is 33.0. The number of nitrogens with one attached hydrogen (secondary N) is 1. The molecule has 2 amide bonds. The van der Waals surface area contributed by atoms with E-state index in [0.717, 1.165) is 41.0 Å². The van der Waals surface area contributed by atoms with Gasteiger partial charge in [0, 0.05) is 13.6 Å². The van der Waals surface area contributed by atoms with Gasteiger partial charge in [-0.15, -0.1) is 0 Å². The van der Waals surface area contributed by atoms with Crippen LogP contribution in [-0.2, 0) is 23.1 Å². The van der Waals surface area contributed by atoms with Gasteiger partial charge in [0.05, 0.1) is 22.8 Å². The van der Waals surface area contributed by atoms with Gasteiger partial charge in [-0.05, 0) is 66.1 Å². The predicted octanol–water partition coefficient (Wildman–Crippen LogP) is 5.13. The van der Waals surface area contributed by atoms with Crippen molar-refractivity contribution >= 4 is 34.6 Å². The van der Waals surface area contributed by atoms with Crippen molar-refractivity contribution in [3.63, 3.8) is 0 Å². The van der Waals surface area contributed by atoms with Crippen molar-refractivity contribution in [3.05, 3.63) is 83.9 Å². The molecule has 0 saturated carbocycles. The topological polar surface area (TPSA) is 67.2 Å². The molecule has 3 aromatic carbocycles. The fraction of sp³-hybridized carbons (Fsp3) is 0.300. The zero-order valence-corrected chi connectivity index (χ0v) is 21.7. The number of hydrogen-bond acceptors (Lipinski definition) is 4. The van der Waals surface area contributed by atoms with Crippen LogP contribution in [0.3, 0.4) is 0 Å². The van der Waals surface area contributed by atoms with Crippen molar-refractivity contribution in [2.24, 2.45) is 7.05 Å². The molecule has 1 saturated heterocycles. The van der Waals surface area contributed by atoms with E-state index in [1.165, 1.54) is 28.5 Å². The number of fused-ring (bicyclic) bond motifs is 2. The SMILES string of the molecule is Cn1c(SCC(=O)N2CCC[C@H]2C(=O)NC2CCc3ccc(-c4ccccc4)cc32)nc2ccccc21. The number of aromatic nitrogens is 2. The second kappa shape index (κ2) is 10.1. The van der Waals surface area contributed by atoms with Crippen molar-refractivity contribution in [1.29, 1.82) is 0 Å². The minimum absolute atomic E-state index is 0.00658. The average Bonchev–Trinajstić information content (AvgIpc) is 3.66. The van der Waals surface area contributed by atoms with Gasteiger partial charge >= 0.3 is 0 Å². The molecule has 6 rings (SSSR count). The van der Waals surface area contributed by atoms with E-state index in [1.54, 1.807) is 4.90 Å². The van der Waals surface area contributed by atoms with Crippen molar-refractivity contribution < 1.29 is 9.59 Å². The zero-order chi connectivity index (χ0) is 25.4. The summed E-state index contributed by atoms with van der Waals surface area (Å²) in [5.74, 6) is 0.225. The minimum Gasteiger partial charge on any atom is -0.347 e. The molecular formula is C30H30N4O2S. The fourth-order valence-corrected chi connectivity index (χ4v) is 6.50. The van der Waals surface area contributed by atoms with E-state index in [4.69, 9.17) is 0 Å². The maximum absolute atomic E-state index is 13.4. The van der Waals surface area contributed by atoms with Crippen molar-refractivity contribution in [2.75, 3.05) is 12.3 Å². The molecule has 1 aliphatic carbocycles. The van der Waals surface area contributed by atoms with Gasteiger partial charge in [0.1, 0.15) is 6.04 Å². The third kappa shape index (κ3) is 4.64. The summed E-state index contributed by atoms with van der Waals surface area (Å²) in [5, 5.41) is 4.10. The Morgan fingerprint density at radius 2 is 1.81 bits per heavy atom. The number of carbonyl (C=O) groups is 2. The van der Waals surface area contributed by atoms with Gasteiger partial charge in [0.2, 0.25) is 11.8 Å². The largest absolute Gasteiger partial charge is 0.347 e. The van der Waals surface area contributed by atoms with Crippen molar-refractivity contribution in [3.8, 4) is 11.1 Å². The molecule has 0 radical (unpaired) electrons. The highest BCUT2D eigenvalue weighted by Crippen LogP contribution is 2.35. The number of amides is 2. The summed E-state index contributed by atoms with van der Waals surface area (Å²) in [7, 11) is 1.97. The van der Waals surface area contributed by atoms with Crippen LogP contribution in [0, 0.1) is 0 Å². The third-order valence-electron chi connectivity index (χ3n) is 7.59. The van der Waals surface area contributed by atoms with Gasteiger partial charge in [0.15, 0.2) is 5.16 Å². The highest BCUT2D eigenvalue weighted by molar-refractivity contribution is 7.99. The molecule has 1 unspecified atom stereocenters. The van der Waals surface area contributed by atoms with E-state index in [-0.39, 0.29) is 23.6 Å². The molecule has 37 heavy (non-hydrogen) atoms. The molecule has 1 fully saturated rings. The molecule has 1 N–H and O–H groups in total. The first-order chi connectivity index (χ1) is 18.1. The Labute approximate surface area is 221 Å². The molecule has 7 heteroatoms. The number of likely N-dealkylation sites (tertiary alicyclic amines) is 1. The molecule has 188 valence electrons. The quantitative estimate of drug-likeness (QED) is 0.365. The number of benzene rings is 3. The molecule has 1 aliphatic heterocycles. The minimum atomic E-state index is -0.408. The summed E-state index contributed by atoms with van der Waals surface area (Å²) < 4.78 is 2.02. The number of nitrogens with zero attached hydrogens (tertiary/aromatic N) is 3. The number of thioether (sulfide) groups is 1. The van der Waals surface area contributed by atoms with Crippen LogP contribution in [-0.4, -0.2) is 44.6 Å². The average molecular weight is 511 g/mol. The smallest absolute Gasteiger partial charge is 0.243 e. The number of carbonyl (C=O) groups excluding carboxylic acids is 2. The second-order valence-corrected chi connectivity index (χ2v) is 10.8. The summed E-state index contributed by atoms with van der Waals surface area (Å²) in [5.41, 5.74) is 6.80. The van der Waals surface area contributed by atoms with E-state index in [2.05, 4.69) is 40.6 Å². The van der Waals surface area contributed by atoms with Gasteiger partial charge in [-0.1, -0.05) is 66.4 Å². The lowest BCUT2D eigenvalue weighted by molar-refractivity contribution is -0.136. The van der Waals surface area contributed by atoms with Crippen LogP contribution in [0.4, 0.5) is 0 Å². The Hall–Kier alpha value is -3.58. The fourth-order valence-electron chi connectivity index (χ4n) is 5.63. The lowest BCUT2D eigenvalue weighted by Gasteiger charge is -2.26. The van der Waals surface area contributed by atoms with Crippen LogP contribution in [0.25, 0.3) is 22.2 Å². The van der Waals surface area contributed by atoms with E-state index < -0.39 is 6.04 Å². The molecule has 2 heterocycles. The maximum Gasteiger partial charge on any atom is 0.243 e. The number of para-hydroxylation sites is 2. The van der Waals surface area contributed by atoms with Crippen LogP contribution in [0.2, 0.25) is 0 Å². The highest BCUT2D eigenvalue weighted by atomic mass is 32.2. The first-order valence-corrected chi connectivity index (χ1v) is 13.9. The van der Waals surface area contributed by atoms with E-state index in [1.807, 2.05) is 54.1 Å². The summed E-state index contributed by atoms with van der Waals surface area (Å²) >= 11 is 1.43. The van der Waals surface area contributed by atoms with Gasteiger partial charge in [-0.25, -0.2) is 4.98 Å². The first kappa shape index (κ1) is 23.8. The lowest BCUT2D eigenvalue weighted by atomic mass is 9.99. The number of imidazole rings is 1. The predicted molar refractivity (Wildman–Crippen MR) is 147 cm³/mol. The summed E-state index contributed by atoms with van der Waals surface area (Å²) in [6, 6.07) is 24.4. The van der Waals surface area contributed by atoms with Crippen LogP contribution in [0.5, 0.6) is 0 Å². The van der Waals surface area contributed by atoms with E-state index >= 15 is 0 Å². The Morgan fingerprint density at radius 3 is 2.65 bits per heavy atom. The second-order valence-electron chi connectivity index (χ2n) is 9.86.